The molecule has 0 saturated carbocycles. The average Bonchev–Trinajstić information content (AvgIpc) is 3.50. The second-order valence-corrected chi connectivity index (χ2v) is 18.5. The number of piperazine rings is 2. The number of hydrogen-bond acceptors (Lipinski definition) is 10. The predicted octanol–water partition coefficient (Wildman–Crippen LogP) is 9.70. The van der Waals surface area contributed by atoms with Crippen LogP contribution in [-0.4, -0.2) is 97.4 Å². The summed E-state index contributed by atoms with van der Waals surface area (Å²) >= 11 is 0. The van der Waals surface area contributed by atoms with Gasteiger partial charge in [-0.05, 0) is 95.6 Å². The van der Waals surface area contributed by atoms with Gasteiger partial charge in [0.15, 0.2) is 0 Å². The number of nitrogens with zero attached hydrogens (tertiary/aromatic N) is 5. The third-order valence-electron chi connectivity index (χ3n) is 11.4. The lowest BCUT2D eigenvalue weighted by Crippen LogP contribution is -2.50. The van der Waals surface area contributed by atoms with Crippen molar-refractivity contribution in [3.8, 4) is 0 Å². The van der Waals surface area contributed by atoms with Gasteiger partial charge in [0.25, 0.3) is 11.8 Å². The van der Waals surface area contributed by atoms with Gasteiger partial charge in [-0.25, -0.2) is 9.59 Å². The number of anilines is 8. The summed E-state index contributed by atoms with van der Waals surface area (Å²) in [6, 6.07) is 37.2. The van der Waals surface area contributed by atoms with E-state index in [2.05, 4.69) is 25.8 Å². The highest BCUT2D eigenvalue weighted by molar-refractivity contribution is 6.16. The minimum absolute atomic E-state index is 0.0412. The number of hydrogen-bond donors (Lipinski definition) is 3. The maximum atomic E-state index is 13.9. The van der Waals surface area contributed by atoms with E-state index in [-0.39, 0.29) is 24.0 Å². The summed E-state index contributed by atoms with van der Waals surface area (Å²) in [4.78, 5) is 61.3. The number of para-hydroxylation sites is 6. The van der Waals surface area contributed by atoms with Crippen LogP contribution in [0.4, 0.5) is 55.1 Å². The lowest BCUT2D eigenvalue weighted by atomic mass is 10.1. The Balaban J connectivity index is 0.000000181. The Labute approximate surface area is 381 Å². The summed E-state index contributed by atoms with van der Waals surface area (Å²) in [5, 5.41) is 9.97. The molecule has 0 spiro atoms. The molecule has 5 aromatic rings. The van der Waals surface area contributed by atoms with E-state index in [9.17, 15) is 19.2 Å². The van der Waals surface area contributed by atoms with Crippen LogP contribution in [0.15, 0.2) is 115 Å². The predicted molar refractivity (Wildman–Crippen MR) is 257 cm³/mol. The standard InChI is InChI=1S/C29H32N4O3.C22H26N4O3/c1-29(2,3)36-28(35)32-18-16-31(17-19-32)25-15-9-12-22-26(25)30-23-13-7-8-14-24(23)33(27(22)34)20-21-10-5-4-6-11-21;1-22(2,3)29-21(28)26-13-11-25(12-14-26)18-10-6-7-15-19(18)23-16-8-4-5-9-17(16)24-20(15)27/h4-15,30H,16-20H2,1-3H3;4-10,23H,11-14H2,1-3H3,(H,24,27). The number of fused-ring (bicyclic) bond motifs is 4. The summed E-state index contributed by atoms with van der Waals surface area (Å²) in [5.41, 5.74) is 8.15. The fourth-order valence-corrected chi connectivity index (χ4v) is 8.30. The number of nitrogens with one attached hydrogen (secondary N) is 3. The smallest absolute Gasteiger partial charge is 0.410 e. The number of rotatable bonds is 4. The Kier molecular flexibility index (Phi) is 12.6. The molecule has 14 heteroatoms. The number of benzene rings is 5. The number of carbonyl (C=O) groups excluding carboxylic acids is 4. The van der Waals surface area contributed by atoms with Crippen molar-refractivity contribution in [2.24, 2.45) is 0 Å². The summed E-state index contributed by atoms with van der Waals surface area (Å²) in [7, 11) is 0. The Bertz CT molecular complexity index is 2550. The van der Waals surface area contributed by atoms with Crippen molar-refractivity contribution in [2.45, 2.75) is 59.3 Å². The van der Waals surface area contributed by atoms with E-state index in [1.54, 1.807) is 9.80 Å². The molecule has 4 amide bonds. The van der Waals surface area contributed by atoms with Gasteiger partial charge in [0.05, 0.1) is 63.2 Å². The highest BCUT2D eigenvalue weighted by Crippen LogP contribution is 2.42. The lowest BCUT2D eigenvalue weighted by molar-refractivity contribution is 0.0230. The van der Waals surface area contributed by atoms with Crippen LogP contribution in [-0.2, 0) is 16.0 Å². The van der Waals surface area contributed by atoms with Gasteiger partial charge in [0.1, 0.15) is 11.2 Å². The Hall–Kier alpha value is -7.22. The molecule has 65 heavy (non-hydrogen) atoms. The summed E-state index contributed by atoms with van der Waals surface area (Å²) < 4.78 is 11.0. The van der Waals surface area contributed by atoms with Gasteiger partial charge < -0.3 is 49.9 Å². The number of amides is 4. The molecular weight excluding hydrogens is 821 g/mol. The van der Waals surface area contributed by atoms with Crippen molar-refractivity contribution < 1.29 is 28.7 Å². The van der Waals surface area contributed by atoms with Crippen LogP contribution in [0.1, 0.15) is 67.8 Å². The van der Waals surface area contributed by atoms with E-state index in [0.29, 0.717) is 70.0 Å². The zero-order valence-electron chi connectivity index (χ0n) is 38.0. The third-order valence-corrected chi connectivity index (χ3v) is 11.4. The fourth-order valence-electron chi connectivity index (χ4n) is 8.30. The molecule has 0 radical (unpaired) electrons. The van der Waals surface area contributed by atoms with Crippen LogP contribution >= 0.6 is 0 Å². The molecule has 14 nitrogen and oxygen atoms in total. The van der Waals surface area contributed by atoms with E-state index in [4.69, 9.17) is 9.47 Å². The Morgan fingerprint density at radius 1 is 0.492 bits per heavy atom. The van der Waals surface area contributed by atoms with Crippen LogP contribution < -0.4 is 30.7 Å². The quantitative estimate of drug-likeness (QED) is 0.160. The van der Waals surface area contributed by atoms with Crippen LogP contribution in [0.2, 0.25) is 0 Å². The van der Waals surface area contributed by atoms with Crippen molar-refractivity contribution in [2.75, 3.05) is 83.0 Å². The molecule has 9 rings (SSSR count). The molecule has 338 valence electrons. The first-order valence-electron chi connectivity index (χ1n) is 22.2. The van der Waals surface area contributed by atoms with Gasteiger partial charge in [-0.3, -0.25) is 9.59 Å². The van der Waals surface area contributed by atoms with Gasteiger partial charge in [-0.2, -0.15) is 0 Å². The molecule has 0 aromatic heterocycles. The van der Waals surface area contributed by atoms with Crippen LogP contribution in [0.3, 0.4) is 0 Å². The maximum Gasteiger partial charge on any atom is 0.410 e. The van der Waals surface area contributed by atoms with E-state index in [1.807, 2.05) is 162 Å². The SMILES string of the molecule is CC(C)(C)OC(=O)N1CCN(c2cccc3c2Nc2ccccc2N(Cc2ccccc2)C3=O)CC1.CC(C)(C)OC(=O)N1CCN(c2cccc3c2Nc2ccccc2NC3=O)CC1. The summed E-state index contributed by atoms with van der Waals surface area (Å²) in [6.45, 7) is 16.6. The fraction of sp³-hybridized carbons (Fsp3) is 0.333. The van der Waals surface area contributed by atoms with Crippen molar-refractivity contribution in [1.29, 1.82) is 0 Å². The molecule has 4 aliphatic heterocycles. The topological polar surface area (TPSA) is 139 Å². The largest absolute Gasteiger partial charge is 0.444 e. The van der Waals surface area contributed by atoms with Gasteiger partial charge >= 0.3 is 12.2 Å². The van der Waals surface area contributed by atoms with Gasteiger partial charge in [-0.15, -0.1) is 0 Å². The average molecular weight is 879 g/mol. The van der Waals surface area contributed by atoms with Gasteiger partial charge in [-0.1, -0.05) is 66.7 Å². The number of ether oxygens (including phenoxy) is 2. The molecular formula is C51H58N8O6. The van der Waals surface area contributed by atoms with E-state index in [1.165, 1.54) is 0 Å². The van der Waals surface area contributed by atoms with E-state index >= 15 is 0 Å². The first-order chi connectivity index (χ1) is 31.1. The summed E-state index contributed by atoms with van der Waals surface area (Å²) in [5.74, 6) is -0.174. The first-order valence-corrected chi connectivity index (χ1v) is 22.2. The molecule has 3 N–H and O–H groups in total. The third kappa shape index (κ3) is 10.3. The molecule has 0 atom stereocenters. The maximum absolute atomic E-state index is 13.9. The second-order valence-electron chi connectivity index (χ2n) is 18.5. The van der Waals surface area contributed by atoms with E-state index < -0.39 is 11.2 Å². The zero-order valence-corrected chi connectivity index (χ0v) is 38.0. The summed E-state index contributed by atoms with van der Waals surface area (Å²) in [6.07, 6.45) is -0.566. The first kappa shape index (κ1) is 44.4. The van der Waals surface area contributed by atoms with Crippen molar-refractivity contribution in [3.63, 3.8) is 0 Å². The van der Waals surface area contributed by atoms with Crippen molar-refractivity contribution in [1.82, 2.24) is 9.80 Å². The molecule has 0 bridgehead atoms. The minimum atomic E-state index is -0.520. The normalized spacial score (nSPS) is 15.8. The van der Waals surface area contributed by atoms with Gasteiger partial charge in [0, 0.05) is 52.4 Å². The second kappa shape index (κ2) is 18.5. The van der Waals surface area contributed by atoms with Crippen molar-refractivity contribution in [3.05, 3.63) is 132 Å². The van der Waals surface area contributed by atoms with Crippen LogP contribution in [0, 0.1) is 0 Å². The monoisotopic (exact) mass is 878 g/mol. The highest BCUT2D eigenvalue weighted by Gasteiger charge is 2.33. The van der Waals surface area contributed by atoms with Crippen LogP contribution in [0.5, 0.6) is 0 Å². The Morgan fingerprint density at radius 3 is 1.46 bits per heavy atom. The van der Waals surface area contributed by atoms with E-state index in [0.717, 1.165) is 51.1 Å². The molecule has 4 aliphatic rings. The van der Waals surface area contributed by atoms with Gasteiger partial charge in [0.2, 0.25) is 0 Å². The molecule has 2 saturated heterocycles. The lowest BCUT2D eigenvalue weighted by Gasteiger charge is -2.37. The van der Waals surface area contributed by atoms with Crippen molar-refractivity contribution >= 4 is 69.5 Å². The molecule has 5 aromatic carbocycles. The molecule has 0 aliphatic carbocycles. The van der Waals surface area contributed by atoms with Crippen LogP contribution in [0.25, 0.3) is 0 Å². The highest BCUT2D eigenvalue weighted by atomic mass is 16.6. The minimum Gasteiger partial charge on any atom is -0.444 e. The zero-order chi connectivity index (χ0) is 45.9. The molecule has 0 unspecified atom stereocenters. The Morgan fingerprint density at radius 2 is 0.923 bits per heavy atom. The molecule has 2 fully saturated rings. The number of carbonyl (C=O) groups is 4. The molecule has 4 heterocycles.